The van der Waals surface area contributed by atoms with E-state index < -0.39 is 0 Å². The minimum atomic E-state index is -0.272. The standard InChI is InChI=1S/C22H24ClN5O2S/c1-13-7-15(3)21(16(4)8-13)26-19(29)10-24-20(30)11-31-22-27-25-12-28(22)17-6-5-14(2)18(23)9-17/h5-9,12H,10-11H2,1-4H3,(H,24,30)(H,26,29). The number of aryl methyl sites for hydroxylation is 4. The fourth-order valence-corrected chi connectivity index (χ4v) is 4.09. The van der Waals surface area contributed by atoms with Gasteiger partial charge in [-0.1, -0.05) is 47.1 Å². The highest BCUT2D eigenvalue weighted by Crippen LogP contribution is 2.24. The van der Waals surface area contributed by atoms with Gasteiger partial charge in [-0.2, -0.15) is 0 Å². The monoisotopic (exact) mass is 457 g/mol. The number of carbonyl (C=O) groups is 2. The molecule has 0 aliphatic rings. The zero-order valence-corrected chi connectivity index (χ0v) is 19.4. The Balaban J connectivity index is 1.53. The molecule has 1 heterocycles. The molecule has 0 unspecified atom stereocenters. The van der Waals surface area contributed by atoms with Crippen LogP contribution in [0.4, 0.5) is 5.69 Å². The Kier molecular flexibility index (Phi) is 7.35. The molecule has 7 nitrogen and oxygen atoms in total. The van der Waals surface area contributed by atoms with Crippen LogP contribution in [-0.2, 0) is 9.59 Å². The summed E-state index contributed by atoms with van der Waals surface area (Å²) in [7, 11) is 0. The van der Waals surface area contributed by atoms with E-state index in [1.54, 1.807) is 10.9 Å². The molecule has 0 saturated carbocycles. The molecule has 1 aromatic heterocycles. The van der Waals surface area contributed by atoms with E-state index in [4.69, 9.17) is 11.6 Å². The number of anilines is 1. The first-order chi connectivity index (χ1) is 14.7. The average Bonchev–Trinajstić information content (AvgIpc) is 3.18. The molecule has 0 aliphatic heterocycles. The molecule has 0 fully saturated rings. The van der Waals surface area contributed by atoms with Gasteiger partial charge in [-0.25, -0.2) is 0 Å². The molecule has 2 aromatic carbocycles. The molecular weight excluding hydrogens is 434 g/mol. The van der Waals surface area contributed by atoms with E-state index >= 15 is 0 Å². The maximum Gasteiger partial charge on any atom is 0.243 e. The number of amides is 2. The summed E-state index contributed by atoms with van der Waals surface area (Å²) in [5.41, 5.74) is 5.68. The first-order valence-electron chi connectivity index (χ1n) is 9.68. The third kappa shape index (κ3) is 5.86. The van der Waals surface area contributed by atoms with Crippen LogP contribution in [-0.4, -0.2) is 38.9 Å². The molecule has 0 saturated heterocycles. The summed E-state index contributed by atoms with van der Waals surface area (Å²) >= 11 is 7.44. The predicted octanol–water partition coefficient (Wildman–Crippen LogP) is 4.00. The van der Waals surface area contributed by atoms with Crippen molar-refractivity contribution in [2.45, 2.75) is 32.9 Å². The Hall–Kier alpha value is -2.84. The van der Waals surface area contributed by atoms with Crippen LogP contribution in [0.5, 0.6) is 0 Å². The van der Waals surface area contributed by atoms with Crippen LogP contribution in [0.3, 0.4) is 0 Å². The minimum absolute atomic E-state index is 0.105. The lowest BCUT2D eigenvalue weighted by atomic mass is 10.1. The summed E-state index contributed by atoms with van der Waals surface area (Å²) in [5, 5.41) is 14.7. The number of nitrogens with zero attached hydrogens (tertiary/aromatic N) is 3. The fourth-order valence-electron chi connectivity index (χ4n) is 3.15. The Morgan fingerprint density at radius 1 is 1.03 bits per heavy atom. The first kappa shape index (κ1) is 22.8. The second-order valence-electron chi connectivity index (χ2n) is 7.30. The number of aromatic nitrogens is 3. The van der Waals surface area contributed by atoms with Crippen LogP contribution < -0.4 is 10.6 Å². The van der Waals surface area contributed by atoms with Crippen LogP contribution in [0.25, 0.3) is 5.69 Å². The quantitative estimate of drug-likeness (QED) is 0.523. The molecule has 3 aromatic rings. The molecule has 9 heteroatoms. The molecule has 0 radical (unpaired) electrons. The van der Waals surface area contributed by atoms with E-state index in [2.05, 4.69) is 20.8 Å². The van der Waals surface area contributed by atoms with Crippen LogP contribution >= 0.6 is 23.4 Å². The summed E-state index contributed by atoms with van der Waals surface area (Å²) in [5.74, 6) is -0.436. The normalized spacial score (nSPS) is 10.7. The minimum Gasteiger partial charge on any atom is -0.346 e. The van der Waals surface area contributed by atoms with E-state index in [0.29, 0.717) is 10.2 Å². The highest BCUT2D eigenvalue weighted by Gasteiger charge is 2.13. The fraction of sp³-hybridized carbons (Fsp3) is 0.273. The number of hydrogen-bond donors (Lipinski definition) is 2. The number of thioether (sulfide) groups is 1. The third-order valence-electron chi connectivity index (χ3n) is 4.67. The van der Waals surface area contributed by atoms with Gasteiger partial charge in [0, 0.05) is 10.7 Å². The molecule has 2 amide bonds. The van der Waals surface area contributed by atoms with Crippen molar-refractivity contribution in [2.75, 3.05) is 17.6 Å². The first-order valence-corrected chi connectivity index (χ1v) is 11.0. The van der Waals surface area contributed by atoms with Crippen molar-refractivity contribution in [2.24, 2.45) is 0 Å². The maximum atomic E-state index is 12.3. The Morgan fingerprint density at radius 2 is 1.74 bits per heavy atom. The number of nitrogens with one attached hydrogen (secondary N) is 2. The van der Waals surface area contributed by atoms with Gasteiger partial charge in [-0.3, -0.25) is 14.2 Å². The Labute approximate surface area is 190 Å². The lowest BCUT2D eigenvalue weighted by Gasteiger charge is -2.13. The largest absolute Gasteiger partial charge is 0.346 e. The maximum absolute atomic E-state index is 12.3. The molecule has 3 rings (SSSR count). The molecule has 0 atom stereocenters. The van der Waals surface area contributed by atoms with Crippen molar-refractivity contribution in [3.8, 4) is 5.69 Å². The van der Waals surface area contributed by atoms with Crippen LogP contribution in [0.15, 0.2) is 41.8 Å². The average molecular weight is 458 g/mol. The molecule has 162 valence electrons. The molecule has 31 heavy (non-hydrogen) atoms. The third-order valence-corrected chi connectivity index (χ3v) is 6.02. The highest BCUT2D eigenvalue weighted by molar-refractivity contribution is 7.99. The molecule has 0 spiro atoms. The summed E-state index contributed by atoms with van der Waals surface area (Å²) in [6, 6.07) is 9.66. The van der Waals surface area contributed by atoms with Crippen molar-refractivity contribution in [3.05, 3.63) is 63.9 Å². The zero-order valence-electron chi connectivity index (χ0n) is 17.8. The topological polar surface area (TPSA) is 88.9 Å². The summed E-state index contributed by atoms with van der Waals surface area (Å²) < 4.78 is 1.76. The summed E-state index contributed by atoms with van der Waals surface area (Å²) in [4.78, 5) is 24.5. The van der Waals surface area contributed by atoms with Crippen LogP contribution in [0.1, 0.15) is 22.3 Å². The van der Waals surface area contributed by atoms with Gasteiger partial charge in [0.25, 0.3) is 0 Å². The zero-order chi connectivity index (χ0) is 22.5. The van der Waals surface area contributed by atoms with Gasteiger partial charge in [0.05, 0.1) is 18.0 Å². The lowest BCUT2D eigenvalue weighted by Crippen LogP contribution is -2.34. The predicted molar refractivity (Wildman–Crippen MR) is 124 cm³/mol. The summed E-state index contributed by atoms with van der Waals surface area (Å²) in [6.07, 6.45) is 1.57. The number of carbonyl (C=O) groups excluding carboxylic acids is 2. The smallest absolute Gasteiger partial charge is 0.243 e. The number of hydrogen-bond acceptors (Lipinski definition) is 5. The van der Waals surface area contributed by atoms with Crippen molar-refractivity contribution in [3.63, 3.8) is 0 Å². The Bertz CT molecular complexity index is 1110. The van der Waals surface area contributed by atoms with Gasteiger partial charge in [-0.15, -0.1) is 10.2 Å². The van der Waals surface area contributed by atoms with E-state index in [0.717, 1.165) is 33.6 Å². The van der Waals surface area contributed by atoms with Gasteiger partial charge in [0.2, 0.25) is 11.8 Å². The summed E-state index contributed by atoms with van der Waals surface area (Å²) in [6.45, 7) is 7.73. The number of rotatable bonds is 7. The van der Waals surface area contributed by atoms with E-state index in [1.807, 2.05) is 58.0 Å². The molecule has 0 bridgehead atoms. The lowest BCUT2D eigenvalue weighted by molar-refractivity contribution is -0.122. The van der Waals surface area contributed by atoms with Crippen molar-refractivity contribution < 1.29 is 9.59 Å². The van der Waals surface area contributed by atoms with Crippen LogP contribution in [0.2, 0.25) is 5.02 Å². The van der Waals surface area contributed by atoms with E-state index in [1.165, 1.54) is 11.8 Å². The second-order valence-corrected chi connectivity index (χ2v) is 8.65. The molecule has 2 N–H and O–H groups in total. The van der Waals surface area contributed by atoms with Gasteiger partial charge in [0.1, 0.15) is 6.33 Å². The SMILES string of the molecule is Cc1cc(C)c(NC(=O)CNC(=O)CSc2nncn2-c2ccc(C)c(Cl)c2)c(C)c1. The number of benzene rings is 2. The van der Waals surface area contributed by atoms with E-state index in [-0.39, 0.29) is 24.1 Å². The van der Waals surface area contributed by atoms with Crippen molar-refractivity contribution in [1.82, 2.24) is 20.1 Å². The molecule has 0 aliphatic carbocycles. The van der Waals surface area contributed by atoms with Gasteiger partial charge in [-0.05, 0) is 56.5 Å². The van der Waals surface area contributed by atoms with Crippen LogP contribution in [0, 0.1) is 27.7 Å². The highest BCUT2D eigenvalue weighted by atomic mass is 35.5. The number of halogens is 1. The Morgan fingerprint density at radius 3 is 2.42 bits per heavy atom. The van der Waals surface area contributed by atoms with Crippen molar-refractivity contribution in [1.29, 1.82) is 0 Å². The van der Waals surface area contributed by atoms with Gasteiger partial charge >= 0.3 is 0 Å². The van der Waals surface area contributed by atoms with Crippen molar-refractivity contribution >= 4 is 40.9 Å². The van der Waals surface area contributed by atoms with Gasteiger partial charge < -0.3 is 10.6 Å². The van der Waals surface area contributed by atoms with E-state index in [9.17, 15) is 9.59 Å². The second kappa shape index (κ2) is 9.98. The van der Waals surface area contributed by atoms with Gasteiger partial charge in [0.15, 0.2) is 5.16 Å². The molecular formula is C22H24ClN5O2S.